The lowest BCUT2D eigenvalue weighted by Gasteiger charge is -2.28. The molecule has 1 heterocycles. The topological polar surface area (TPSA) is 41.9 Å². The average Bonchev–Trinajstić information content (AvgIpc) is 3.30. The Morgan fingerprint density at radius 3 is 2.06 bits per heavy atom. The zero-order chi connectivity index (χ0) is 21.5. The van der Waals surface area contributed by atoms with Gasteiger partial charge in [0.25, 0.3) is 0 Å². The largest absolute Gasteiger partial charge is 0.390 e. The number of nitrogens with zero attached hydrogens (tertiary/aromatic N) is 2. The lowest BCUT2D eigenvalue weighted by molar-refractivity contribution is -0.133. The van der Waals surface area contributed by atoms with Gasteiger partial charge in [-0.3, -0.25) is 4.79 Å². The van der Waals surface area contributed by atoms with Gasteiger partial charge in [-0.1, -0.05) is 102 Å². The van der Waals surface area contributed by atoms with E-state index in [2.05, 4.69) is 11.7 Å². The first-order chi connectivity index (χ1) is 15.3. The zero-order valence-corrected chi connectivity index (χ0v) is 17.4. The molecule has 0 N–H and O–H groups in total. The number of carbonyl (C=O) groups excluding carboxylic acids is 1. The molecule has 1 unspecified atom stereocenters. The van der Waals surface area contributed by atoms with Crippen molar-refractivity contribution >= 4 is 11.6 Å². The Balaban J connectivity index is 1.54. The van der Waals surface area contributed by atoms with Crippen LogP contribution in [-0.4, -0.2) is 35.7 Å². The molecule has 1 aliphatic rings. The van der Waals surface area contributed by atoms with E-state index in [1.807, 2.05) is 95.9 Å². The molecule has 0 aromatic heterocycles. The number of hydrogen-bond acceptors (Lipinski definition) is 3. The van der Waals surface area contributed by atoms with Crippen molar-refractivity contribution in [3.05, 3.63) is 120 Å². The lowest BCUT2D eigenvalue weighted by atomic mass is 9.90. The highest BCUT2D eigenvalue weighted by atomic mass is 16.6. The molecule has 31 heavy (non-hydrogen) atoms. The summed E-state index contributed by atoms with van der Waals surface area (Å²) < 4.78 is 0. The van der Waals surface area contributed by atoms with Gasteiger partial charge in [0.2, 0.25) is 5.91 Å². The molecule has 1 amide bonds. The highest BCUT2D eigenvalue weighted by molar-refractivity contribution is 6.01. The second-order valence-electron chi connectivity index (χ2n) is 7.62. The Kier molecular flexibility index (Phi) is 6.58. The van der Waals surface area contributed by atoms with Gasteiger partial charge in [0.15, 0.2) is 6.10 Å². The maximum absolute atomic E-state index is 13.8. The third-order valence-corrected chi connectivity index (χ3v) is 5.44. The summed E-state index contributed by atoms with van der Waals surface area (Å²) in [6, 6.07) is 29.8. The normalized spacial score (nSPS) is 15.3. The molecule has 0 bridgehead atoms. The molecule has 1 atom stereocenters. The van der Waals surface area contributed by atoms with Gasteiger partial charge < -0.3 is 9.74 Å². The van der Waals surface area contributed by atoms with Gasteiger partial charge in [0.1, 0.15) is 0 Å². The van der Waals surface area contributed by atoms with E-state index in [1.165, 1.54) is 0 Å². The van der Waals surface area contributed by atoms with Crippen LogP contribution in [0.2, 0.25) is 0 Å². The summed E-state index contributed by atoms with van der Waals surface area (Å²) in [4.78, 5) is 21.3. The van der Waals surface area contributed by atoms with Crippen LogP contribution in [0.5, 0.6) is 0 Å². The highest BCUT2D eigenvalue weighted by Crippen LogP contribution is 2.28. The van der Waals surface area contributed by atoms with Gasteiger partial charge in [0.05, 0.1) is 18.2 Å². The van der Waals surface area contributed by atoms with Gasteiger partial charge in [-0.15, -0.1) is 6.58 Å². The van der Waals surface area contributed by atoms with E-state index in [0.717, 1.165) is 22.4 Å². The van der Waals surface area contributed by atoms with E-state index in [9.17, 15) is 4.79 Å². The molecule has 0 radical (unpaired) electrons. The fraction of sp³-hybridized carbons (Fsp3) is 0.185. The van der Waals surface area contributed by atoms with E-state index >= 15 is 0 Å². The minimum absolute atomic E-state index is 0.0362. The predicted octanol–water partition coefficient (Wildman–Crippen LogP) is 5.03. The van der Waals surface area contributed by atoms with Crippen molar-refractivity contribution in [2.75, 3.05) is 13.1 Å². The summed E-state index contributed by atoms with van der Waals surface area (Å²) in [5, 5.41) is 4.27. The maximum atomic E-state index is 13.8. The molecule has 3 aromatic rings. The maximum Gasteiger partial charge on any atom is 0.234 e. The summed E-state index contributed by atoms with van der Waals surface area (Å²) in [6.45, 7) is 4.77. The van der Waals surface area contributed by atoms with Crippen LogP contribution < -0.4 is 0 Å². The first-order valence-corrected chi connectivity index (χ1v) is 10.5. The molecule has 0 saturated heterocycles. The fourth-order valence-electron chi connectivity index (χ4n) is 3.93. The summed E-state index contributed by atoms with van der Waals surface area (Å²) in [7, 11) is 0. The van der Waals surface area contributed by atoms with E-state index in [1.54, 1.807) is 6.08 Å². The molecular weight excluding hydrogens is 384 g/mol. The summed E-state index contributed by atoms with van der Waals surface area (Å²) in [5.74, 6) is -0.340. The fourth-order valence-corrected chi connectivity index (χ4v) is 3.93. The van der Waals surface area contributed by atoms with Crippen molar-refractivity contribution in [2.45, 2.75) is 18.4 Å². The van der Waals surface area contributed by atoms with Gasteiger partial charge in [-0.25, -0.2) is 0 Å². The Labute approximate surface area is 183 Å². The van der Waals surface area contributed by atoms with E-state index in [4.69, 9.17) is 4.84 Å². The van der Waals surface area contributed by atoms with Gasteiger partial charge >= 0.3 is 0 Å². The van der Waals surface area contributed by atoms with Crippen molar-refractivity contribution in [1.29, 1.82) is 0 Å². The number of oxime groups is 1. The molecular formula is C27H26N2O2. The number of benzene rings is 3. The van der Waals surface area contributed by atoms with Gasteiger partial charge in [-0.05, 0) is 16.7 Å². The summed E-state index contributed by atoms with van der Waals surface area (Å²) >= 11 is 0. The minimum Gasteiger partial charge on any atom is -0.390 e. The minimum atomic E-state index is -0.377. The number of rotatable bonds is 8. The Bertz CT molecular complexity index is 993. The predicted molar refractivity (Wildman–Crippen MR) is 124 cm³/mol. The Hall–Kier alpha value is -3.66. The van der Waals surface area contributed by atoms with Crippen molar-refractivity contribution in [2.24, 2.45) is 5.16 Å². The van der Waals surface area contributed by atoms with E-state index in [-0.39, 0.29) is 17.9 Å². The molecule has 4 rings (SSSR count). The molecule has 4 nitrogen and oxygen atoms in total. The molecule has 0 fully saturated rings. The highest BCUT2D eigenvalue weighted by Gasteiger charge is 2.31. The van der Waals surface area contributed by atoms with Gasteiger partial charge in [-0.2, -0.15) is 0 Å². The quantitative estimate of drug-likeness (QED) is 0.489. The molecule has 3 aromatic carbocycles. The molecule has 4 heteroatoms. The van der Waals surface area contributed by atoms with Crippen LogP contribution >= 0.6 is 0 Å². The molecule has 1 aliphatic heterocycles. The molecule has 0 spiro atoms. The van der Waals surface area contributed by atoms with Crippen LogP contribution in [-0.2, 0) is 9.63 Å². The number of hydrogen-bond donors (Lipinski definition) is 0. The Morgan fingerprint density at radius 2 is 1.52 bits per heavy atom. The third-order valence-electron chi connectivity index (χ3n) is 5.44. The van der Waals surface area contributed by atoms with Crippen LogP contribution in [0.1, 0.15) is 29.0 Å². The number of amides is 1. The third kappa shape index (κ3) is 4.92. The monoisotopic (exact) mass is 410 g/mol. The lowest BCUT2D eigenvalue weighted by Crippen LogP contribution is -2.41. The summed E-state index contributed by atoms with van der Waals surface area (Å²) in [5.41, 5.74) is 3.92. The van der Waals surface area contributed by atoms with Crippen LogP contribution in [0, 0.1) is 0 Å². The average molecular weight is 411 g/mol. The first kappa shape index (κ1) is 20.6. The number of carbonyl (C=O) groups is 1. The first-order valence-electron chi connectivity index (χ1n) is 10.5. The summed E-state index contributed by atoms with van der Waals surface area (Å²) in [6.07, 6.45) is 2.26. The second kappa shape index (κ2) is 9.90. The van der Waals surface area contributed by atoms with Gasteiger partial charge in [0, 0.05) is 13.0 Å². The van der Waals surface area contributed by atoms with Crippen LogP contribution in [0.3, 0.4) is 0 Å². The molecule has 0 aliphatic carbocycles. The molecule has 156 valence electrons. The van der Waals surface area contributed by atoms with Crippen LogP contribution in [0.15, 0.2) is 109 Å². The standard InChI is InChI=1S/C27H26N2O2/c1-2-18-29(20-24-19-25(28-31-24)21-12-6-3-7-13-21)27(30)26(22-14-8-4-9-15-22)23-16-10-5-11-17-23/h2-17,24,26H,1,18-20H2. The van der Waals surface area contributed by atoms with E-state index < -0.39 is 0 Å². The molecule has 0 saturated carbocycles. The second-order valence-corrected chi connectivity index (χ2v) is 7.62. The van der Waals surface area contributed by atoms with Crippen molar-refractivity contribution in [3.8, 4) is 0 Å². The Morgan fingerprint density at radius 1 is 0.968 bits per heavy atom. The van der Waals surface area contributed by atoms with Crippen LogP contribution in [0.4, 0.5) is 0 Å². The smallest absolute Gasteiger partial charge is 0.234 e. The van der Waals surface area contributed by atoms with Crippen molar-refractivity contribution < 1.29 is 9.63 Å². The SMILES string of the molecule is C=CCN(CC1CC(c2ccccc2)=NO1)C(=O)C(c1ccccc1)c1ccccc1. The zero-order valence-electron chi connectivity index (χ0n) is 17.4. The van der Waals surface area contributed by atoms with E-state index in [0.29, 0.717) is 19.5 Å². The van der Waals surface area contributed by atoms with Crippen LogP contribution in [0.25, 0.3) is 0 Å². The van der Waals surface area contributed by atoms with Crippen molar-refractivity contribution in [3.63, 3.8) is 0 Å². The van der Waals surface area contributed by atoms with Crippen molar-refractivity contribution in [1.82, 2.24) is 4.90 Å².